The average molecular weight is 343 g/mol. The maximum atomic E-state index is 11.5. The lowest BCUT2D eigenvalue weighted by Gasteiger charge is -2.08. The molecule has 0 unspecified atom stereocenters. The minimum absolute atomic E-state index is 0.0410. The van der Waals surface area contributed by atoms with Crippen molar-refractivity contribution in [2.45, 2.75) is 11.8 Å². The molecule has 0 radical (unpaired) electrons. The molecule has 1 aromatic carbocycles. The predicted molar refractivity (Wildman–Crippen MR) is 66.5 cm³/mol. The third-order valence-corrected chi connectivity index (χ3v) is 4.01. The molecule has 5 nitrogen and oxygen atoms in total. The summed E-state index contributed by atoms with van der Waals surface area (Å²) in [5.41, 5.74) is -0.0410. The Morgan fingerprint density at radius 1 is 1.53 bits per heavy atom. The molecule has 2 N–H and O–H groups in total. The SMILES string of the molecule is CCOC(=O)c1cc(S(N)(=O)=O)c(Br)cc1Cl. The van der Waals surface area contributed by atoms with Gasteiger partial charge in [0.15, 0.2) is 0 Å². The maximum absolute atomic E-state index is 11.5. The molecule has 0 fully saturated rings. The molecular weight excluding hydrogens is 334 g/mol. The molecule has 0 saturated heterocycles. The first kappa shape index (κ1) is 14.4. The van der Waals surface area contributed by atoms with Gasteiger partial charge in [-0.05, 0) is 35.0 Å². The van der Waals surface area contributed by atoms with Crippen molar-refractivity contribution in [3.05, 3.63) is 27.2 Å². The Labute approximate surface area is 112 Å². The zero-order valence-electron chi connectivity index (χ0n) is 8.74. The first-order chi connectivity index (χ1) is 7.77. The fourth-order valence-corrected chi connectivity index (χ4v) is 3.12. The zero-order valence-corrected chi connectivity index (χ0v) is 11.9. The summed E-state index contributed by atoms with van der Waals surface area (Å²) in [5.74, 6) is -0.699. The van der Waals surface area contributed by atoms with E-state index in [1.54, 1.807) is 6.92 Å². The van der Waals surface area contributed by atoms with Gasteiger partial charge in [0.25, 0.3) is 0 Å². The summed E-state index contributed by atoms with van der Waals surface area (Å²) in [6.07, 6.45) is 0. The zero-order chi connectivity index (χ0) is 13.2. The van der Waals surface area contributed by atoms with Gasteiger partial charge in [-0.2, -0.15) is 0 Å². The van der Waals surface area contributed by atoms with Crippen LogP contribution in [0.15, 0.2) is 21.5 Å². The van der Waals surface area contributed by atoms with Crippen LogP contribution in [0.5, 0.6) is 0 Å². The Bertz CT molecular complexity index is 558. The molecule has 94 valence electrons. The number of sulfonamides is 1. The fourth-order valence-electron chi connectivity index (χ4n) is 1.11. The van der Waals surface area contributed by atoms with Gasteiger partial charge in [-0.3, -0.25) is 0 Å². The number of carbonyl (C=O) groups is 1. The highest BCUT2D eigenvalue weighted by Crippen LogP contribution is 2.28. The lowest BCUT2D eigenvalue weighted by molar-refractivity contribution is 0.0526. The number of rotatable bonds is 3. The van der Waals surface area contributed by atoms with Crippen LogP contribution in [0.3, 0.4) is 0 Å². The number of hydrogen-bond acceptors (Lipinski definition) is 4. The van der Waals surface area contributed by atoms with Gasteiger partial charge in [0.05, 0.1) is 22.1 Å². The third kappa shape index (κ3) is 3.41. The molecule has 1 rings (SSSR count). The van der Waals surface area contributed by atoms with Gasteiger partial charge in [0.1, 0.15) is 0 Å². The van der Waals surface area contributed by atoms with Gasteiger partial charge in [-0.25, -0.2) is 18.4 Å². The Hall–Kier alpha value is -0.630. The smallest absolute Gasteiger partial charge is 0.339 e. The summed E-state index contributed by atoms with van der Waals surface area (Å²) in [4.78, 5) is 11.3. The average Bonchev–Trinajstić information content (AvgIpc) is 2.15. The number of hydrogen-bond donors (Lipinski definition) is 1. The predicted octanol–water partition coefficient (Wildman–Crippen LogP) is 1.93. The van der Waals surface area contributed by atoms with Crippen LogP contribution < -0.4 is 5.14 Å². The van der Waals surface area contributed by atoms with E-state index in [-0.39, 0.29) is 26.6 Å². The van der Waals surface area contributed by atoms with E-state index < -0.39 is 16.0 Å². The number of halogens is 2. The number of esters is 1. The molecule has 0 aliphatic carbocycles. The molecule has 0 saturated carbocycles. The number of benzene rings is 1. The van der Waals surface area contributed by atoms with Crippen LogP contribution in [-0.2, 0) is 14.8 Å². The monoisotopic (exact) mass is 341 g/mol. The van der Waals surface area contributed by atoms with Gasteiger partial charge >= 0.3 is 5.97 Å². The van der Waals surface area contributed by atoms with Crippen molar-refractivity contribution in [3.8, 4) is 0 Å². The van der Waals surface area contributed by atoms with Crippen molar-refractivity contribution in [2.75, 3.05) is 6.61 Å². The molecule has 17 heavy (non-hydrogen) atoms. The molecule has 0 spiro atoms. The minimum atomic E-state index is -3.93. The van der Waals surface area contributed by atoms with Crippen molar-refractivity contribution in [1.29, 1.82) is 0 Å². The van der Waals surface area contributed by atoms with Crippen LogP contribution in [0.1, 0.15) is 17.3 Å². The van der Waals surface area contributed by atoms with Crippen LogP contribution in [-0.4, -0.2) is 21.0 Å². The topological polar surface area (TPSA) is 86.5 Å². The molecule has 1 aromatic rings. The summed E-state index contributed by atoms with van der Waals surface area (Å²) in [6.45, 7) is 1.79. The Kier molecular flexibility index (Phi) is 4.54. The first-order valence-electron chi connectivity index (χ1n) is 4.46. The fraction of sp³-hybridized carbons (Fsp3) is 0.222. The van der Waals surface area contributed by atoms with Gasteiger partial charge in [0.2, 0.25) is 10.0 Å². The van der Waals surface area contributed by atoms with Crippen LogP contribution in [0, 0.1) is 0 Å². The second kappa shape index (κ2) is 5.34. The molecule has 0 atom stereocenters. The Morgan fingerprint density at radius 2 is 2.12 bits per heavy atom. The lowest BCUT2D eigenvalue weighted by Crippen LogP contribution is -2.15. The molecule has 0 bridgehead atoms. The number of primary sulfonamides is 1. The number of nitrogens with two attached hydrogens (primary N) is 1. The van der Waals surface area contributed by atoms with Gasteiger partial charge in [-0.1, -0.05) is 11.6 Å². The van der Waals surface area contributed by atoms with E-state index in [1.165, 1.54) is 6.07 Å². The highest BCUT2D eigenvalue weighted by Gasteiger charge is 2.20. The summed E-state index contributed by atoms with van der Waals surface area (Å²) in [5, 5.41) is 5.08. The highest BCUT2D eigenvalue weighted by atomic mass is 79.9. The van der Waals surface area contributed by atoms with Crippen LogP contribution in [0.25, 0.3) is 0 Å². The van der Waals surface area contributed by atoms with Gasteiger partial charge < -0.3 is 4.74 Å². The van der Waals surface area contributed by atoms with E-state index in [1.807, 2.05) is 0 Å². The summed E-state index contributed by atoms with van der Waals surface area (Å²) in [6, 6.07) is 2.37. The number of ether oxygens (including phenoxy) is 1. The second-order valence-electron chi connectivity index (χ2n) is 3.03. The Morgan fingerprint density at radius 3 is 2.59 bits per heavy atom. The van der Waals surface area contributed by atoms with E-state index in [0.29, 0.717) is 0 Å². The van der Waals surface area contributed by atoms with Crippen molar-refractivity contribution < 1.29 is 17.9 Å². The minimum Gasteiger partial charge on any atom is -0.462 e. The molecule has 8 heteroatoms. The molecule has 0 amide bonds. The first-order valence-corrected chi connectivity index (χ1v) is 7.18. The largest absolute Gasteiger partial charge is 0.462 e. The van der Waals surface area contributed by atoms with Crippen molar-refractivity contribution >= 4 is 43.5 Å². The van der Waals surface area contributed by atoms with Crippen molar-refractivity contribution in [2.24, 2.45) is 5.14 Å². The highest BCUT2D eigenvalue weighted by molar-refractivity contribution is 9.10. The molecular formula is C9H9BrClNO4S. The molecule has 0 aromatic heterocycles. The van der Waals surface area contributed by atoms with Crippen molar-refractivity contribution in [3.63, 3.8) is 0 Å². The molecule has 0 aliphatic heterocycles. The second-order valence-corrected chi connectivity index (χ2v) is 5.82. The van der Waals surface area contributed by atoms with Gasteiger partial charge in [-0.15, -0.1) is 0 Å². The number of carbonyl (C=O) groups excluding carboxylic acids is 1. The van der Waals surface area contributed by atoms with Crippen molar-refractivity contribution in [1.82, 2.24) is 0 Å². The quantitative estimate of drug-likeness (QED) is 0.850. The summed E-state index contributed by atoms with van der Waals surface area (Å²) in [7, 11) is -3.93. The summed E-state index contributed by atoms with van der Waals surface area (Å²) < 4.78 is 27.4. The molecule has 0 aliphatic rings. The van der Waals surface area contributed by atoms with E-state index >= 15 is 0 Å². The lowest BCUT2D eigenvalue weighted by atomic mass is 10.2. The maximum Gasteiger partial charge on any atom is 0.339 e. The normalized spacial score (nSPS) is 11.3. The van der Waals surface area contributed by atoms with Crippen LogP contribution >= 0.6 is 27.5 Å². The van der Waals surface area contributed by atoms with Gasteiger partial charge in [0, 0.05) is 4.47 Å². The van der Waals surface area contributed by atoms with E-state index in [0.717, 1.165) is 6.07 Å². The third-order valence-electron chi connectivity index (χ3n) is 1.82. The van der Waals surface area contributed by atoms with E-state index in [4.69, 9.17) is 21.5 Å². The van der Waals surface area contributed by atoms with E-state index in [9.17, 15) is 13.2 Å². The Balaban J connectivity index is 3.39. The standard InChI is InChI=1S/C9H9BrClNO4S/c1-2-16-9(13)5-3-8(17(12,14)15)6(10)4-7(5)11/h3-4H,2H2,1H3,(H2,12,14,15). The molecule has 0 heterocycles. The summed E-state index contributed by atoms with van der Waals surface area (Å²) >= 11 is 8.83. The van der Waals surface area contributed by atoms with E-state index in [2.05, 4.69) is 15.9 Å². The van der Waals surface area contributed by atoms with Crippen LogP contribution in [0.2, 0.25) is 5.02 Å². The van der Waals surface area contributed by atoms with Crippen LogP contribution in [0.4, 0.5) is 0 Å².